The summed E-state index contributed by atoms with van der Waals surface area (Å²) in [6.45, 7) is 6.03. The van der Waals surface area contributed by atoms with Crippen molar-refractivity contribution in [3.63, 3.8) is 0 Å². The SMILES string of the molecule is CNC(=O)c1ccnc(Sc2cccc(NC(=O)Nc3cc(C(C)(C)C)no3)c2)c1. The van der Waals surface area contributed by atoms with Gasteiger partial charge >= 0.3 is 6.03 Å². The Morgan fingerprint density at radius 3 is 2.57 bits per heavy atom. The zero-order valence-corrected chi connectivity index (χ0v) is 18.0. The van der Waals surface area contributed by atoms with Crippen LogP contribution in [0.3, 0.4) is 0 Å². The molecule has 3 rings (SSSR count). The van der Waals surface area contributed by atoms with Crippen molar-refractivity contribution in [3.8, 4) is 0 Å². The van der Waals surface area contributed by atoms with Gasteiger partial charge in [0.05, 0.1) is 5.69 Å². The standard InChI is InChI=1S/C21H23N5O3S/c1-21(2,3)16-12-17(29-26-16)25-20(28)24-14-6-5-7-15(11-14)30-18-10-13(8-9-23-18)19(27)22-4/h5-12H,1-4H3,(H,22,27)(H2,24,25,28). The van der Waals surface area contributed by atoms with Crippen molar-refractivity contribution >= 4 is 35.3 Å². The van der Waals surface area contributed by atoms with Crippen molar-refractivity contribution in [3.05, 3.63) is 59.9 Å². The summed E-state index contributed by atoms with van der Waals surface area (Å²) in [5.74, 6) is 0.103. The van der Waals surface area contributed by atoms with E-state index in [9.17, 15) is 9.59 Å². The molecule has 3 aromatic rings. The average molecular weight is 426 g/mol. The summed E-state index contributed by atoms with van der Waals surface area (Å²) in [5, 5.41) is 12.6. The Hall–Kier alpha value is -3.33. The number of pyridine rings is 1. The third-order valence-electron chi connectivity index (χ3n) is 4.05. The third-order valence-corrected chi connectivity index (χ3v) is 4.98. The molecular weight excluding hydrogens is 402 g/mol. The number of carbonyl (C=O) groups excluding carboxylic acids is 2. The molecule has 0 saturated carbocycles. The lowest BCUT2D eigenvalue weighted by Crippen LogP contribution is -2.19. The number of hydrogen-bond acceptors (Lipinski definition) is 6. The average Bonchev–Trinajstić information content (AvgIpc) is 3.16. The lowest BCUT2D eigenvalue weighted by molar-refractivity contribution is 0.0962. The van der Waals surface area contributed by atoms with Gasteiger partial charge in [0.2, 0.25) is 5.88 Å². The molecule has 0 aliphatic carbocycles. The molecule has 2 heterocycles. The van der Waals surface area contributed by atoms with E-state index in [4.69, 9.17) is 4.52 Å². The Morgan fingerprint density at radius 1 is 1.07 bits per heavy atom. The highest BCUT2D eigenvalue weighted by molar-refractivity contribution is 7.99. The third kappa shape index (κ3) is 5.60. The van der Waals surface area contributed by atoms with Crippen LogP contribution in [0.1, 0.15) is 36.8 Å². The normalized spacial score (nSPS) is 11.1. The quantitative estimate of drug-likeness (QED) is 0.554. The van der Waals surface area contributed by atoms with E-state index in [1.807, 2.05) is 39.0 Å². The maximum atomic E-state index is 12.3. The van der Waals surface area contributed by atoms with Crippen molar-refractivity contribution in [2.24, 2.45) is 0 Å². The maximum Gasteiger partial charge on any atom is 0.326 e. The topological polar surface area (TPSA) is 109 Å². The molecule has 0 spiro atoms. The fourth-order valence-corrected chi connectivity index (χ4v) is 3.34. The van der Waals surface area contributed by atoms with Crippen molar-refractivity contribution in [1.29, 1.82) is 0 Å². The largest absolute Gasteiger partial charge is 0.355 e. The number of nitrogens with zero attached hydrogens (tertiary/aromatic N) is 2. The van der Waals surface area contributed by atoms with E-state index in [-0.39, 0.29) is 17.2 Å². The van der Waals surface area contributed by atoms with Gasteiger partial charge in [-0.1, -0.05) is 43.8 Å². The van der Waals surface area contributed by atoms with Gasteiger partial charge in [-0.05, 0) is 30.3 Å². The van der Waals surface area contributed by atoms with Crippen LogP contribution < -0.4 is 16.0 Å². The van der Waals surface area contributed by atoms with Gasteiger partial charge in [0.15, 0.2) is 0 Å². The van der Waals surface area contributed by atoms with Gasteiger partial charge in [0, 0.05) is 40.9 Å². The molecule has 0 fully saturated rings. The number of aromatic nitrogens is 2. The molecule has 0 unspecified atom stereocenters. The Kier molecular flexibility index (Phi) is 6.41. The second-order valence-corrected chi connectivity index (χ2v) is 8.59. The molecule has 0 saturated heterocycles. The van der Waals surface area contributed by atoms with E-state index < -0.39 is 6.03 Å². The minimum atomic E-state index is -0.437. The van der Waals surface area contributed by atoms with Gasteiger partial charge in [-0.25, -0.2) is 9.78 Å². The predicted octanol–water partition coefficient (Wildman–Crippen LogP) is 4.52. The number of amides is 3. The van der Waals surface area contributed by atoms with Crippen LogP contribution in [0.2, 0.25) is 0 Å². The lowest BCUT2D eigenvalue weighted by Gasteiger charge is -2.12. The first kappa shape index (κ1) is 21.4. The number of rotatable bonds is 5. The van der Waals surface area contributed by atoms with Gasteiger partial charge in [-0.15, -0.1) is 0 Å². The number of anilines is 2. The molecule has 3 N–H and O–H groups in total. The van der Waals surface area contributed by atoms with E-state index in [0.29, 0.717) is 16.3 Å². The van der Waals surface area contributed by atoms with Crippen molar-refractivity contribution in [2.75, 3.05) is 17.7 Å². The highest BCUT2D eigenvalue weighted by Crippen LogP contribution is 2.28. The van der Waals surface area contributed by atoms with E-state index in [1.165, 1.54) is 11.8 Å². The molecule has 0 aliphatic rings. The molecule has 0 radical (unpaired) electrons. The summed E-state index contributed by atoms with van der Waals surface area (Å²) in [4.78, 5) is 29.2. The Balaban J connectivity index is 1.65. The van der Waals surface area contributed by atoms with E-state index in [2.05, 4.69) is 26.1 Å². The molecule has 0 bridgehead atoms. The molecule has 9 heteroatoms. The van der Waals surface area contributed by atoms with Crippen LogP contribution in [0.4, 0.5) is 16.4 Å². The summed E-state index contributed by atoms with van der Waals surface area (Å²) in [5.41, 5.74) is 1.72. The van der Waals surface area contributed by atoms with Crippen LogP contribution in [-0.4, -0.2) is 29.1 Å². The molecule has 30 heavy (non-hydrogen) atoms. The van der Waals surface area contributed by atoms with Crippen molar-refractivity contribution in [2.45, 2.75) is 36.1 Å². The zero-order valence-electron chi connectivity index (χ0n) is 17.1. The number of nitrogens with one attached hydrogen (secondary N) is 3. The van der Waals surface area contributed by atoms with Gasteiger partial charge in [-0.3, -0.25) is 10.1 Å². The van der Waals surface area contributed by atoms with E-state index in [0.717, 1.165) is 10.6 Å². The Bertz CT molecular complexity index is 1060. The molecule has 0 aliphatic heterocycles. The van der Waals surface area contributed by atoms with E-state index >= 15 is 0 Å². The second-order valence-electron chi connectivity index (χ2n) is 7.50. The molecule has 3 amide bonds. The minimum absolute atomic E-state index is 0.172. The van der Waals surface area contributed by atoms with Gasteiger partial charge < -0.3 is 15.2 Å². The smallest absolute Gasteiger partial charge is 0.326 e. The first-order valence-corrected chi connectivity index (χ1v) is 10.1. The fraction of sp³-hybridized carbons (Fsp3) is 0.238. The molecule has 2 aromatic heterocycles. The molecule has 1 aromatic carbocycles. The summed E-state index contributed by atoms with van der Waals surface area (Å²) in [7, 11) is 1.58. The lowest BCUT2D eigenvalue weighted by atomic mass is 9.92. The fourth-order valence-electron chi connectivity index (χ4n) is 2.47. The summed E-state index contributed by atoms with van der Waals surface area (Å²) >= 11 is 1.39. The van der Waals surface area contributed by atoms with Gasteiger partial charge in [0.25, 0.3) is 5.91 Å². The Morgan fingerprint density at radius 2 is 1.87 bits per heavy atom. The van der Waals surface area contributed by atoms with Crippen LogP contribution in [0, 0.1) is 0 Å². The molecule has 8 nitrogen and oxygen atoms in total. The molecule has 156 valence electrons. The molecular formula is C21H23N5O3S. The second kappa shape index (κ2) is 9.00. The number of hydrogen-bond donors (Lipinski definition) is 3. The first-order valence-electron chi connectivity index (χ1n) is 9.26. The Labute approximate surface area is 178 Å². The highest BCUT2D eigenvalue weighted by atomic mass is 32.2. The number of carbonyl (C=O) groups is 2. The van der Waals surface area contributed by atoms with Crippen LogP contribution in [0.25, 0.3) is 0 Å². The van der Waals surface area contributed by atoms with Crippen molar-refractivity contribution < 1.29 is 14.1 Å². The van der Waals surface area contributed by atoms with Crippen LogP contribution in [-0.2, 0) is 5.41 Å². The molecule has 0 atom stereocenters. The monoisotopic (exact) mass is 425 g/mol. The van der Waals surface area contributed by atoms with Crippen LogP contribution >= 0.6 is 11.8 Å². The van der Waals surface area contributed by atoms with Gasteiger partial charge in [0.1, 0.15) is 5.03 Å². The zero-order chi connectivity index (χ0) is 21.7. The summed E-state index contributed by atoms with van der Waals surface area (Å²) in [6, 6.07) is 12.0. The van der Waals surface area contributed by atoms with Gasteiger partial charge in [-0.2, -0.15) is 0 Å². The first-order chi connectivity index (χ1) is 14.2. The minimum Gasteiger partial charge on any atom is -0.355 e. The summed E-state index contributed by atoms with van der Waals surface area (Å²) < 4.78 is 5.17. The maximum absolute atomic E-state index is 12.3. The summed E-state index contributed by atoms with van der Waals surface area (Å²) in [6.07, 6.45) is 1.59. The predicted molar refractivity (Wildman–Crippen MR) is 116 cm³/mol. The number of urea groups is 1. The van der Waals surface area contributed by atoms with Crippen molar-refractivity contribution in [1.82, 2.24) is 15.5 Å². The highest BCUT2D eigenvalue weighted by Gasteiger charge is 2.19. The number of benzene rings is 1. The van der Waals surface area contributed by atoms with E-state index in [1.54, 1.807) is 37.5 Å². The van der Waals surface area contributed by atoms with Crippen LogP contribution in [0.5, 0.6) is 0 Å². The van der Waals surface area contributed by atoms with Crippen LogP contribution in [0.15, 0.2) is 63.1 Å².